The number of carbonyl (C=O) groups is 3. The van der Waals surface area contributed by atoms with Gasteiger partial charge in [-0.15, -0.1) is 0 Å². The van der Waals surface area contributed by atoms with Crippen molar-refractivity contribution in [2.24, 2.45) is 17.8 Å². The van der Waals surface area contributed by atoms with Gasteiger partial charge in [0.25, 0.3) is 0 Å². The van der Waals surface area contributed by atoms with Crippen LogP contribution in [-0.4, -0.2) is 37.2 Å². The van der Waals surface area contributed by atoms with Gasteiger partial charge in [-0.25, -0.2) is 0 Å². The van der Waals surface area contributed by atoms with Crippen molar-refractivity contribution in [2.75, 3.05) is 13.2 Å². The number of unbranched alkanes of at least 4 members (excludes halogenated alkanes) is 27. The van der Waals surface area contributed by atoms with E-state index in [0.717, 1.165) is 75.5 Å². The highest BCUT2D eigenvalue weighted by atomic mass is 16.6. The summed E-state index contributed by atoms with van der Waals surface area (Å²) in [4.78, 5) is 37.9. The molecule has 0 fully saturated rings. The number of esters is 3. The second-order valence-corrected chi connectivity index (χ2v) is 19.0. The molecule has 0 N–H and O–H groups in total. The molecule has 0 aliphatic heterocycles. The largest absolute Gasteiger partial charge is 0.462 e. The highest BCUT2D eigenvalue weighted by Gasteiger charge is 2.19. The molecule has 0 spiro atoms. The van der Waals surface area contributed by atoms with E-state index < -0.39 is 6.10 Å². The van der Waals surface area contributed by atoms with Crippen LogP contribution in [0.2, 0.25) is 0 Å². The van der Waals surface area contributed by atoms with Gasteiger partial charge in [0.1, 0.15) is 13.2 Å². The van der Waals surface area contributed by atoms with Gasteiger partial charge in [0.15, 0.2) is 6.10 Å². The smallest absolute Gasteiger partial charge is 0.306 e. The standard InChI is InChI=1S/C52H100O6/c1-7-48(6)40-34-28-22-17-19-24-30-36-42-51(54)57-45-49(44-56-50(53)41-35-29-23-18-16-21-27-33-39-47(4)5)58-52(55)43-37-31-25-15-13-11-9-8-10-12-14-20-26-32-38-46(2)3/h46-49H,7-45H2,1-6H3/t48?,49-/m1/s1. The predicted molar refractivity (Wildman–Crippen MR) is 247 cm³/mol. The molecular formula is C52H100O6. The maximum Gasteiger partial charge on any atom is 0.306 e. The molecule has 0 saturated heterocycles. The van der Waals surface area contributed by atoms with E-state index in [-0.39, 0.29) is 31.1 Å². The summed E-state index contributed by atoms with van der Waals surface area (Å²) < 4.78 is 16.8. The summed E-state index contributed by atoms with van der Waals surface area (Å²) in [6.45, 7) is 13.7. The summed E-state index contributed by atoms with van der Waals surface area (Å²) >= 11 is 0. The molecule has 0 aliphatic carbocycles. The van der Waals surface area contributed by atoms with Crippen molar-refractivity contribution in [1.82, 2.24) is 0 Å². The maximum atomic E-state index is 12.8. The number of hydrogen-bond acceptors (Lipinski definition) is 6. The quantitative estimate of drug-likeness (QED) is 0.0346. The summed E-state index contributed by atoms with van der Waals surface area (Å²) in [5.41, 5.74) is 0. The lowest BCUT2D eigenvalue weighted by atomic mass is 9.99. The van der Waals surface area contributed by atoms with Gasteiger partial charge in [-0.2, -0.15) is 0 Å². The second-order valence-electron chi connectivity index (χ2n) is 19.0. The molecule has 0 rings (SSSR count). The van der Waals surface area contributed by atoms with Crippen LogP contribution in [0.25, 0.3) is 0 Å². The molecule has 6 heteroatoms. The Morgan fingerprint density at radius 3 is 0.897 bits per heavy atom. The first kappa shape index (κ1) is 56.4. The van der Waals surface area contributed by atoms with Crippen molar-refractivity contribution < 1.29 is 28.6 Å². The normalized spacial score (nSPS) is 12.6. The van der Waals surface area contributed by atoms with Crippen LogP contribution in [0, 0.1) is 17.8 Å². The van der Waals surface area contributed by atoms with Gasteiger partial charge in [-0.1, -0.05) is 241 Å². The third-order valence-corrected chi connectivity index (χ3v) is 12.0. The van der Waals surface area contributed by atoms with E-state index >= 15 is 0 Å². The van der Waals surface area contributed by atoms with E-state index in [1.54, 1.807) is 0 Å². The Bertz CT molecular complexity index is 900. The molecule has 6 nitrogen and oxygen atoms in total. The molecule has 0 saturated carbocycles. The van der Waals surface area contributed by atoms with Gasteiger partial charge < -0.3 is 14.2 Å². The van der Waals surface area contributed by atoms with Gasteiger partial charge in [0.05, 0.1) is 0 Å². The first-order chi connectivity index (χ1) is 28.1. The molecule has 0 aromatic rings. The van der Waals surface area contributed by atoms with Crippen LogP contribution in [0.4, 0.5) is 0 Å². The van der Waals surface area contributed by atoms with Crippen LogP contribution in [-0.2, 0) is 28.6 Å². The lowest BCUT2D eigenvalue weighted by Gasteiger charge is -2.18. The predicted octanol–water partition coefficient (Wildman–Crippen LogP) is 16.4. The van der Waals surface area contributed by atoms with Crippen molar-refractivity contribution >= 4 is 17.9 Å². The van der Waals surface area contributed by atoms with Crippen LogP contribution in [0.3, 0.4) is 0 Å². The fourth-order valence-electron chi connectivity index (χ4n) is 7.73. The van der Waals surface area contributed by atoms with E-state index in [4.69, 9.17) is 14.2 Å². The number of hydrogen-bond donors (Lipinski definition) is 0. The summed E-state index contributed by atoms with van der Waals surface area (Å²) in [6.07, 6.45) is 42.3. The van der Waals surface area contributed by atoms with Crippen LogP contribution in [0.1, 0.15) is 279 Å². The molecule has 0 amide bonds. The minimum Gasteiger partial charge on any atom is -0.462 e. The highest BCUT2D eigenvalue weighted by Crippen LogP contribution is 2.18. The SMILES string of the molecule is CCC(C)CCCCCCCCCCC(=O)OC[C@@H](COC(=O)CCCCCCCCCCC(C)C)OC(=O)CCCCCCCCCCCCCCCCC(C)C. The second kappa shape index (κ2) is 43.5. The number of carbonyl (C=O) groups excluding carboxylic acids is 3. The lowest BCUT2D eigenvalue weighted by Crippen LogP contribution is -2.30. The van der Waals surface area contributed by atoms with Crippen molar-refractivity contribution in [2.45, 2.75) is 285 Å². The molecule has 0 aliphatic rings. The first-order valence-corrected chi connectivity index (χ1v) is 25.6. The molecule has 58 heavy (non-hydrogen) atoms. The van der Waals surface area contributed by atoms with Crippen LogP contribution in [0.15, 0.2) is 0 Å². The zero-order valence-electron chi connectivity index (χ0n) is 39.8. The zero-order valence-corrected chi connectivity index (χ0v) is 39.8. The fourth-order valence-corrected chi connectivity index (χ4v) is 7.73. The summed E-state index contributed by atoms with van der Waals surface area (Å²) in [7, 11) is 0. The third-order valence-electron chi connectivity index (χ3n) is 12.0. The Balaban J connectivity index is 4.31. The maximum absolute atomic E-state index is 12.8. The number of rotatable bonds is 45. The van der Waals surface area contributed by atoms with Gasteiger partial charge in [-0.3, -0.25) is 14.4 Å². The molecule has 0 heterocycles. The first-order valence-electron chi connectivity index (χ1n) is 25.6. The van der Waals surface area contributed by atoms with Gasteiger partial charge >= 0.3 is 17.9 Å². The molecule has 0 aromatic carbocycles. The molecule has 0 bridgehead atoms. The van der Waals surface area contributed by atoms with E-state index in [9.17, 15) is 14.4 Å². The van der Waals surface area contributed by atoms with Crippen molar-refractivity contribution in [3.63, 3.8) is 0 Å². The molecule has 1 unspecified atom stereocenters. The number of ether oxygens (including phenoxy) is 3. The van der Waals surface area contributed by atoms with E-state index in [0.29, 0.717) is 19.3 Å². The molecule has 0 aromatic heterocycles. The Morgan fingerprint density at radius 1 is 0.345 bits per heavy atom. The fraction of sp³-hybridized carbons (Fsp3) is 0.942. The average Bonchev–Trinajstić information content (AvgIpc) is 3.19. The van der Waals surface area contributed by atoms with Crippen LogP contribution in [0.5, 0.6) is 0 Å². The molecule has 0 radical (unpaired) electrons. The van der Waals surface area contributed by atoms with Crippen molar-refractivity contribution in [3.05, 3.63) is 0 Å². The monoisotopic (exact) mass is 821 g/mol. The van der Waals surface area contributed by atoms with E-state index in [2.05, 4.69) is 41.5 Å². The Labute approximate surface area is 361 Å². The van der Waals surface area contributed by atoms with E-state index in [1.165, 1.54) is 161 Å². The summed E-state index contributed by atoms with van der Waals surface area (Å²) in [5, 5.41) is 0. The zero-order chi connectivity index (χ0) is 42.7. The minimum absolute atomic E-state index is 0.0655. The van der Waals surface area contributed by atoms with Gasteiger partial charge in [0, 0.05) is 19.3 Å². The topological polar surface area (TPSA) is 78.9 Å². The lowest BCUT2D eigenvalue weighted by molar-refractivity contribution is -0.167. The summed E-state index contributed by atoms with van der Waals surface area (Å²) in [5.74, 6) is 1.63. The van der Waals surface area contributed by atoms with Gasteiger partial charge in [-0.05, 0) is 37.0 Å². The Morgan fingerprint density at radius 2 is 0.603 bits per heavy atom. The highest BCUT2D eigenvalue weighted by molar-refractivity contribution is 5.71. The molecular weight excluding hydrogens is 721 g/mol. The summed E-state index contributed by atoms with van der Waals surface area (Å²) in [6, 6.07) is 0. The van der Waals surface area contributed by atoms with Crippen molar-refractivity contribution in [1.29, 1.82) is 0 Å². The Hall–Kier alpha value is -1.59. The average molecular weight is 821 g/mol. The van der Waals surface area contributed by atoms with Crippen molar-refractivity contribution in [3.8, 4) is 0 Å². The van der Waals surface area contributed by atoms with E-state index in [1.807, 2.05) is 0 Å². The van der Waals surface area contributed by atoms with Gasteiger partial charge in [0.2, 0.25) is 0 Å². The molecule has 344 valence electrons. The Kier molecular flexibility index (Phi) is 42.3. The molecule has 2 atom stereocenters. The third kappa shape index (κ3) is 44.0. The minimum atomic E-state index is -0.763. The van der Waals surface area contributed by atoms with Crippen LogP contribution < -0.4 is 0 Å². The van der Waals surface area contributed by atoms with Crippen LogP contribution >= 0.6 is 0 Å².